The largest absolute Gasteiger partial charge is 0.346 e. The van der Waals surface area contributed by atoms with Crippen molar-refractivity contribution in [3.8, 4) is 0 Å². The summed E-state index contributed by atoms with van der Waals surface area (Å²) in [6, 6.07) is 3.89. The summed E-state index contributed by atoms with van der Waals surface area (Å²) in [5.74, 6) is -0.520. The summed E-state index contributed by atoms with van der Waals surface area (Å²) < 4.78 is 0. The maximum Gasteiger partial charge on any atom is 0.282 e. The summed E-state index contributed by atoms with van der Waals surface area (Å²) >= 11 is 9.02. The molecule has 1 aromatic rings. The van der Waals surface area contributed by atoms with E-state index in [-0.39, 0.29) is 16.3 Å². The van der Waals surface area contributed by atoms with Crippen molar-refractivity contribution in [2.24, 2.45) is 0 Å². The van der Waals surface area contributed by atoms with Crippen molar-refractivity contribution in [2.75, 3.05) is 5.33 Å². The Labute approximate surface area is 118 Å². The first kappa shape index (κ1) is 14.9. The number of nitrogens with one attached hydrogen (secondary N) is 1. The van der Waals surface area contributed by atoms with E-state index in [0.29, 0.717) is 5.33 Å². The average Bonchev–Trinajstić information content (AvgIpc) is 2.28. The van der Waals surface area contributed by atoms with Crippen LogP contribution in [0.15, 0.2) is 18.2 Å². The third-order valence-corrected chi connectivity index (χ3v) is 3.82. The molecule has 0 aliphatic carbocycles. The number of hydrogen-bond acceptors (Lipinski definition) is 3. The van der Waals surface area contributed by atoms with Crippen LogP contribution < -0.4 is 5.32 Å². The van der Waals surface area contributed by atoms with Crippen molar-refractivity contribution in [3.63, 3.8) is 0 Å². The second-order valence-corrected chi connectivity index (χ2v) is 5.39. The second-order valence-electron chi connectivity index (χ2n) is 4.39. The SMILES string of the molecule is CC(C)(CBr)NC(=O)c1cc(Cl)ccc1[N+](=O)[O-]. The molecule has 1 rings (SSSR count). The van der Waals surface area contributed by atoms with E-state index in [4.69, 9.17) is 11.6 Å². The van der Waals surface area contributed by atoms with Gasteiger partial charge in [0, 0.05) is 22.0 Å². The molecular weight excluding hydrogens is 323 g/mol. The molecule has 0 aromatic heterocycles. The highest BCUT2D eigenvalue weighted by Gasteiger charge is 2.25. The van der Waals surface area contributed by atoms with Gasteiger partial charge in [-0.3, -0.25) is 14.9 Å². The van der Waals surface area contributed by atoms with E-state index in [9.17, 15) is 14.9 Å². The summed E-state index contributed by atoms with van der Waals surface area (Å²) in [5, 5.41) is 14.3. The van der Waals surface area contributed by atoms with Gasteiger partial charge in [-0.2, -0.15) is 0 Å². The number of benzene rings is 1. The Morgan fingerprint density at radius 3 is 2.67 bits per heavy atom. The Bertz CT molecular complexity index is 491. The smallest absolute Gasteiger partial charge is 0.282 e. The number of halogens is 2. The second kappa shape index (κ2) is 5.67. The van der Waals surface area contributed by atoms with Crippen LogP contribution in [0, 0.1) is 10.1 Å². The van der Waals surface area contributed by atoms with Crippen LogP contribution in [-0.2, 0) is 0 Å². The maximum absolute atomic E-state index is 12.0. The Hall–Kier alpha value is -1.14. The lowest BCUT2D eigenvalue weighted by Gasteiger charge is -2.23. The molecule has 0 saturated carbocycles. The number of hydrogen-bond donors (Lipinski definition) is 1. The molecule has 1 amide bonds. The number of carbonyl (C=O) groups excluding carboxylic acids is 1. The zero-order valence-electron chi connectivity index (χ0n) is 9.87. The van der Waals surface area contributed by atoms with Gasteiger partial charge >= 0.3 is 0 Å². The molecule has 0 heterocycles. The minimum Gasteiger partial charge on any atom is -0.346 e. The van der Waals surface area contributed by atoms with Gasteiger partial charge < -0.3 is 5.32 Å². The van der Waals surface area contributed by atoms with E-state index < -0.39 is 16.4 Å². The van der Waals surface area contributed by atoms with Crippen LogP contribution in [0.4, 0.5) is 5.69 Å². The number of amides is 1. The van der Waals surface area contributed by atoms with E-state index in [1.165, 1.54) is 18.2 Å². The lowest BCUT2D eigenvalue weighted by Crippen LogP contribution is -2.44. The average molecular weight is 336 g/mol. The van der Waals surface area contributed by atoms with Crippen LogP contribution in [-0.4, -0.2) is 21.7 Å². The lowest BCUT2D eigenvalue weighted by atomic mass is 10.1. The fourth-order valence-corrected chi connectivity index (χ4v) is 1.57. The molecule has 0 atom stereocenters. The molecule has 1 N–H and O–H groups in total. The van der Waals surface area contributed by atoms with Crippen LogP contribution in [0.2, 0.25) is 5.02 Å². The Morgan fingerprint density at radius 2 is 2.17 bits per heavy atom. The van der Waals surface area contributed by atoms with E-state index in [2.05, 4.69) is 21.2 Å². The van der Waals surface area contributed by atoms with Crippen LogP contribution >= 0.6 is 27.5 Å². The lowest BCUT2D eigenvalue weighted by molar-refractivity contribution is -0.385. The standard InChI is InChI=1S/C11H12BrClN2O3/c1-11(2,6-12)14-10(16)8-5-7(13)3-4-9(8)15(17)18/h3-5H,6H2,1-2H3,(H,14,16). The highest BCUT2D eigenvalue weighted by atomic mass is 79.9. The molecule has 0 aliphatic heterocycles. The molecule has 7 heteroatoms. The highest BCUT2D eigenvalue weighted by molar-refractivity contribution is 9.09. The molecule has 18 heavy (non-hydrogen) atoms. The van der Waals surface area contributed by atoms with Crippen LogP contribution in [0.3, 0.4) is 0 Å². The Balaban J connectivity index is 3.12. The summed E-state index contributed by atoms with van der Waals surface area (Å²) in [6.07, 6.45) is 0. The van der Waals surface area contributed by atoms with Crippen molar-refractivity contribution in [2.45, 2.75) is 19.4 Å². The third-order valence-electron chi connectivity index (χ3n) is 2.19. The summed E-state index contributed by atoms with van der Waals surface area (Å²) in [7, 11) is 0. The number of nitro benzene ring substituents is 1. The molecule has 1 aromatic carbocycles. The van der Waals surface area contributed by atoms with Crippen molar-refractivity contribution >= 4 is 39.1 Å². The van der Waals surface area contributed by atoms with E-state index in [1.54, 1.807) is 13.8 Å². The predicted molar refractivity (Wildman–Crippen MR) is 73.4 cm³/mol. The van der Waals surface area contributed by atoms with Gasteiger partial charge in [-0.15, -0.1) is 0 Å². The number of carbonyl (C=O) groups is 1. The highest BCUT2D eigenvalue weighted by Crippen LogP contribution is 2.23. The molecule has 5 nitrogen and oxygen atoms in total. The molecule has 0 radical (unpaired) electrons. The zero-order valence-corrected chi connectivity index (χ0v) is 12.2. The first-order valence-electron chi connectivity index (χ1n) is 5.09. The molecule has 0 bridgehead atoms. The molecule has 98 valence electrons. The number of nitro groups is 1. The topological polar surface area (TPSA) is 72.2 Å². The van der Waals surface area contributed by atoms with E-state index in [0.717, 1.165) is 0 Å². The fourth-order valence-electron chi connectivity index (χ4n) is 1.26. The molecule has 0 fully saturated rings. The number of rotatable bonds is 4. The van der Waals surface area contributed by atoms with Gasteiger partial charge in [-0.25, -0.2) is 0 Å². The zero-order chi connectivity index (χ0) is 13.9. The van der Waals surface area contributed by atoms with Crippen molar-refractivity contribution in [3.05, 3.63) is 38.9 Å². The quantitative estimate of drug-likeness (QED) is 0.522. The monoisotopic (exact) mass is 334 g/mol. The minimum atomic E-state index is -0.605. The fraction of sp³-hybridized carbons (Fsp3) is 0.364. The first-order chi connectivity index (χ1) is 8.26. The third kappa shape index (κ3) is 3.68. The van der Waals surface area contributed by atoms with Gasteiger partial charge in [0.15, 0.2) is 0 Å². The summed E-state index contributed by atoms with van der Waals surface area (Å²) in [6.45, 7) is 3.60. The predicted octanol–water partition coefficient (Wildman–Crippen LogP) is 3.15. The first-order valence-corrected chi connectivity index (χ1v) is 6.59. The Kier molecular flexibility index (Phi) is 4.70. The number of alkyl halides is 1. The molecule has 0 spiro atoms. The van der Waals surface area contributed by atoms with Crippen LogP contribution in [0.1, 0.15) is 24.2 Å². The van der Waals surface area contributed by atoms with Gasteiger partial charge in [-0.1, -0.05) is 27.5 Å². The van der Waals surface area contributed by atoms with Gasteiger partial charge in [0.05, 0.1) is 4.92 Å². The van der Waals surface area contributed by atoms with Crippen molar-refractivity contribution in [1.29, 1.82) is 0 Å². The van der Waals surface area contributed by atoms with Crippen molar-refractivity contribution in [1.82, 2.24) is 5.32 Å². The van der Waals surface area contributed by atoms with E-state index in [1.807, 2.05) is 0 Å². The van der Waals surface area contributed by atoms with Gasteiger partial charge in [-0.05, 0) is 26.0 Å². The summed E-state index contributed by atoms with van der Waals surface area (Å²) in [4.78, 5) is 22.2. The molecule has 0 unspecified atom stereocenters. The van der Waals surface area contributed by atoms with Crippen LogP contribution in [0.5, 0.6) is 0 Å². The van der Waals surface area contributed by atoms with Crippen molar-refractivity contribution < 1.29 is 9.72 Å². The van der Waals surface area contributed by atoms with Gasteiger partial charge in [0.2, 0.25) is 0 Å². The molecule has 0 aliphatic rings. The Morgan fingerprint density at radius 1 is 1.56 bits per heavy atom. The van der Waals surface area contributed by atoms with Gasteiger partial charge in [0.25, 0.3) is 11.6 Å². The van der Waals surface area contributed by atoms with E-state index >= 15 is 0 Å². The minimum absolute atomic E-state index is 0.0403. The molecular formula is C11H12BrClN2O3. The normalized spacial score (nSPS) is 11.1. The maximum atomic E-state index is 12.0. The summed E-state index contributed by atoms with van der Waals surface area (Å²) in [5.41, 5.74) is -0.809. The molecule has 0 saturated heterocycles. The number of nitrogens with zero attached hydrogens (tertiary/aromatic N) is 1. The van der Waals surface area contributed by atoms with Gasteiger partial charge in [0.1, 0.15) is 5.56 Å². The van der Waals surface area contributed by atoms with Crippen LogP contribution in [0.25, 0.3) is 0 Å².